The van der Waals surface area contributed by atoms with E-state index in [4.69, 9.17) is 5.11 Å². The molecule has 1 atom stereocenters. The van der Waals surface area contributed by atoms with Crippen LogP contribution in [-0.4, -0.2) is 17.1 Å². The van der Waals surface area contributed by atoms with Crippen LogP contribution in [0.25, 0.3) is 0 Å². The number of hydrogen-bond acceptors (Lipinski definition) is 2. The Bertz CT molecular complexity index is 596. The summed E-state index contributed by atoms with van der Waals surface area (Å²) < 4.78 is 13.1. The molecule has 0 saturated heterocycles. The van der Waals surface area contributed by atoms with Crippen molar-refractivity contribution in [3.05, 3.63) is 65.5 Å². The molecule has 2 aromatic carbocycles. The maximum Gasteiger partial charge on any atom is 0.335 e. The molecular weight excluding hydrogens is 257 g/mol. The van der Waals surface area contributed by atoms with E-state index < -0.39 is 5.97 Å². The lowest BCUT2D eigenvalue weighted by Crippen LogP contribution is -2.18. The summed E-state index contributed by atoms with van der Waals surface area (Å²) in [5.41, 5.74) is 2.03. The number of nitrogens with one attached hydrogen (secondary N) is 1. The number of carboxylic acid groups (broad SMARTS) is 1. The van der Waals surface area contributed by atoms with Crippen molar-refractivity contribution in [1.82, 2.24) is 0 Å². The van der Waals surface area contributed by atoms with E-state index in [1.165, 1.54) is 12.1 Å². The first-order valence-corrected chi connectivity index (χ1v) is 6.39. The molecule has 2 N–H and O–H groups in total. The maximum atomic E-state index is 13.1. The SMILES string of the molecule is CC(Cc1cccc(F)c1)Nc1ccc(C(=O)O)cc1. The number of anilines is 1. The fourth-order valence-electron chi connectivity index (χ4n) is 2.06. The molecule has 0 aliphatic carbocycles. The molecule has 3 nitrogen and oxygen atoms in total. The zero-order chi connectivity index (χ0) is 14.5. The van der Waals surface area contributed by atoms with Crippen LogP contribution in [0.2, 0.25) is 0 Å². The fourth-order valence-corrected chi connectivity index (χ4v) is 2.06. The van der Waals surface area contributed by atoms with Gasteiger partial charge in [0.15, 0.2) is 0 Å². The topological polar surface area (TPSA) is 49.3 Å². The molecule has 0 bridgehead atoms. The second kappa shape index (κ2) is 6.19. The van der Waals surface area contributed by atoms with Crippen LogP contribution in [-0.2, 0) is 6.42 Å². The van der Waals surface area contributed by atoms with Crippen LogP contribution >= 0.6 is 0 Å². The Hall–Kier alpha value is -2.36. The van der Waals surface area contributed by atoms with E-state index in [0.29, 0.717) is 6.42 Å². The molecule has 0 heterocycles. The van der Waals surface area contributed by atoms with Gasteiger partial charge in [0, 0.05) is 11.7 Å². The molecule has 20 heavy (non-hydrogen) atoms. The number of hydrogen-bond donors (Lipinski definition) is 2. The monoisotopic (exact) mass is 273 g/mol. The zero-order valence-electron chi connectivity index (χ0n) is 11.1. The van der Waals surface area contributed by atoms with Crippen LogP contribution in [0.15, 0.2) is 48.5 Å². The largest absolute Gasteiger partial charge is 0.478 e. The highest BCUT2D eigenvalue weighted by atomic mass is 19.1. The van der Waals surface area contributed by atoms with Gasteiger partial charge in [-0.25, -0.2) is 9.18 Å². The highest BCUT2D eigenvalue weighted by Crippen LogP contribution is 2.13. The van der Waals surface area contributed by atoms with Gasteiger partial charge in [-0.15, -0.1) is 0 Å². The summed E-state index contributed by atoms with van der Waals surface area (Å²) in [4.78, 5) is 10.8. The minimum Gasteiger partial charge on any atom is -0.478 e. The molecular formula is C16H16FNO2. The van der Waals surface area contributed by atoms with E-state index in [1.807, 2.05) is 13.0 Å². The van der Waals surface area contributed by atoms with E-state index >= 15 is 0 Å². The Balaban J connectivity index is 1.97. The van der Waals surface area contributed by atoms with Gasteiger partial charge < -0.3 is 10.4 Å². The van der Waals surface area contributed by atoms with Gasteiger partial charge in [0.1, 0.15) is 5.82 Å². The van der Waals surface area contributed by atoms with E-state index in [2.05, 4.69) is 5.32 Å². The molecule has 0 aliphatic heterocycles. The third-order valence-corrected chi connectivity index (χ3v) is 2.98. The molecule has 2 rings (SSSR count). The second-order valence-electron chi connectivity index (χ2n) is 4.76. The smallest absolute Gasteiger partial charge is 0.335 e. The lowest BCUT2D eigenvalue weighted by atomic mass is 10.1. The molecule has 4 heteroatoms. The molecule has 104 valence electrons. The minimum atomic E-state index is -0.940. The van der Waals surface area contributed by atoms with Gasteiger partial charge >= 0.3 is 5.97 Å². The van der Waals surface area contributed by atoms with Crippen LogP contribution in [0.1, 0.15) is 22.8 Å². The Morgan fingerprint density at radius 1 is 1.25 bits per heavy atom. The molecule has 0 amide bonds. The van der Waals surface area contributed by atoms with Crippen LogP contribution < -0.4 is 5.32 Å². The number of carbonyl (C=O) groups is 1. The van der Waals surface area contributed by atoms with E-state index in [-0.39, 0.29) is 17.4 Å². The first-order valence-electron chi connectivity index (χ1n) is 6.39. The van der Waals surface area contributed by atoms with E-state index in [1.54, 1.807) is 30.3 Å². The lowest BCUT2D eigenvalue weighted by molar-refractivity contribution is 0.0697. The number of benzene rings is 2. The second-order valence-corrected chi connectivity index (χ2v) is 4.76. The molecule has 0 radical (unpaired) electrons. The van der Waals surface area contributed by atoms with E-state index in [0.717, 1.165) is 11.3 Å². The molecule has 0 spiro atoms. The number of aromatic carboxylic acids is 1. The van der Waals surface area contributed by atoms with Crippen molar-refractivity contribution in [1.29, 1.82) is 0 Å². The summed E-state index contributed by atoms with van der Waals surface area (Å²) >= 11 is 0. The summed E-state index contributed by atoms with van der Waals surface area (Å²) in [6.45, 7) is 2.00. The molecule has 0 fully saturated rings. The van der Waals surface area contributed by atoms with Crippen molar-refractivity contribution in [2.45, 2.75) is 19.4 Å². The molecule has 2 aromatic rings. The Labute approximate surface area is 117 Å². The van der Waals surface area contributed by atoms with Gasteiger partial charge in [0.05, 0.1) is 5.56 Å². The molecule has 0 aromatic heterocycles. The van der Waals surface area contributed by atoms with Crippen LogP contribution in [0.3, 0.4) is 0 Å². The van der Waals surface area contributed by atoms with Gasteiger partial charge in [-0.2, -0.15) is 0 Å². The Kier molecular flexibility index (Phi) is 4.35. The number of halogens is 1. The third kappa shape index (κ3) is 3.82. The van der Waals surface area contributed by atoms with Gasteiger partial charge in [0.2, 0.25) is 0 Å². The van der Waals surface area contributed by atoms with Crippen LogP contribution in [0.5, 0.6) is 0 Å². The van der Waals surface area contributed by atoms with Crippen molar-refractivity contribution >= 4 is 11.7 Å². The first-order chi connectivity index (χ1) is 9.54. The highest BCUT2D eigenvalue weighted by Gasteiger charge is 2.06. The zero-order valence-corrected chi connectivity index (χ0v) is 11.1. The Morgan fingerprint density at radius 3 is 2.55 bits per heavy atom. The van der Waals surface area contributed by atoms with Crippen molar-refractivity contribution in [3.8, 4) is 0 Å². The summed E-state index contributed by atoms with van der Waals surface area (Å²) in [5.74, 6) is -1.18. The van der Waals surface area contributed by atoms with Crippen molar-refractivity contribution in [2.24, 2.45) is 0 Å². The molecule has 0 aliphatic rings. The van der Waals surface area contributed by atoms with Gasteiger partial charge in [-0.1, -0.05) is 12.1 Å². The molecule has 1 unspecified atom stereocenters. The van der Waals surface area contributed by atoms with Gasteiger partial charge in [0.25, 0.3) is 0 Å². The van der Waals surface area contributed by atoms with Crippen LogP contribution in [0, 0.1) is 5.82 Å². The summed E-state index contributed by atoms with van der Waals surface area (Å²) in [7, 11) is 0. The third-order valence-electron chi connectivity index (χ3n) is 2.98. The number of rotatable bonds is 5. The fraction of sp³-hybridized carbons (Fsp3) is 0.188. The van der Waals surface area contributed by atoms with Crippen molar-refractivity contribution < 1.29 is 14.3 Å². The number of carboxylic acids is 1. The van der Waals surface area contributed by atoms with Crippen molar-refractivity contribution in [3.63, 3.8) is 0 Å². The maximum absolute atomic E-state index is 13.1. The predicted molar refractivity (Wildman–Crippen MR) is 76.6 cm³/mol. The summed E-state index contributed by atoms with van der Waals surface area (Å²) in [6.07, 6.45) is 0.693. The Morgan fingerprint density at radius 2 is 1.95 bits per heavy atom. The quantitative estimate of drug-likeness (QED) is 0.875. The highest BCUT2D eigenvalue weighted by molar-refractivity contribution is 5.87. The molecule has 0 saturated carbocycles. The predicted octanol–water partition coefficient (Wildman–Crippen LogP) is 3.57. The minimum absolute atomic E-state index is 0.118. The normalized spacial score (nSPS) is 11.9. The van der Waals surface area contributed by atoms with Crippen LogP contribution in [0.4, 0.5) is 10.1 Å². The van der Waals surface area contributed by atoms with Gasteiger partial charge in [-0.3, -0.25) is 0 Å². The average molecular weight is 273 g/mol. The summed E-state index contributed by atoms with van der Waals surface area (Å²) in [5, 5.41) is 12.1. The van der Waals surface area contributed by atoms with Crippen molar-refractivity contribution in [2.75, 3.05) is 5.32 Å². The average Bonchev–Trinajstić information content (AvgIpc) is 2.39. The lowest BCUT2D eigenvalue weighted by Gasteiger charge is -2.15. The standard InChI is InChI=1S/C16H16FNO2/c1-11(9-12-3-2-4-14(17)10-12)18-15-7-5-13(6-8-15)16(19)20/h2-8,10-11,18H,9H2,1H3,(H,19,20). The first kappa shape index (κ1) is 14.1. The summed E-state index contributed by atoms with van der Waals surface area (Å²) in [6, 6.07) is 13.2. The van der Waals surface area contributed by atoms with E-state index in [9.17, 15) is 9.18 Å². The van der Waals surface area contributed by atoms with Gasteiger partial charge in [-0.05, 0) is 55.3 Å².